The number of hydrogen-bond acceptors (Lipinski definition) is 1. The highest BCUT2D eigenvalue weighted by molar-refractivity contribution is 6.33. The van der Waals surface area contributed by atoms with Crippen molar-refractivity contribution in [1.82, 2.24) is 0 Å². The van der Waals surface area contributed by atoms with Crippen molar-refractivity contribution in [3.8, 4) is 11.5 Å². The quantitative estimate of drug-likeness (QED) is 0.353. The summed E-state index contributed by atoms with van der Waals surface area (Å²) in [7, 11) is 0. The van der Waals surface area contributed by atoms with Crippen molar-refractivity contribution in [2.45, 2.75) is 17.8 Å². The highest BCUT2D eigenvalue weighted by Crippen LogP contribution is 2.58. The van der Waals surface area contributed by atoms with E-state index in [0.29, 0.717) is 11.8 Å². The molecule has 0 aliphatic heterocycles. The van der Waals surface area contributed by atoms with Crippen LogP contribution in [0.2, 0.25) is 10.0 Å². The van der Waals surface area contributed by atoms with E-state index in [2.05, 4.69) is 0 Å². The summed E-state index contributed by atoms with van der Waals surface area (Å²) in [6.45, 7) is 0. The Balaban J connectivity index is 2.19. The van der Waals surface area contributed by atoms with Gasteiger partial charge in [0.05, 0.1) is 0 Å². The topological polar surface area (TPSA) is 9.23 Å². The molecule has 158 valence electrons. The molecule has 0 aliphatic carbocycles. The summed E-state index contributed by atoms with van der Waals surface area (Å²) in [5, 5.41) is -1.02. The van der Waals surface area contributed by atoms with Crippen molar-refractivity contribution >= 4 is 23.2 Å². The summed E-state index contributed by atoms with van der Waals surface area (Å²) in [4.78, 5) is 0. The molecule has 0 saturated heterocycles. The van der Waals surface area contributed by atoms with Gasteiger partial charge in [0.1, 0.15) is 11.5 Å². The van der Waals surface area contributed by atoms with Crippen LogP contribution in [-0.2, 0) is 5.41 Å². The molecule has 0 unspecified atom stereocenters. The molecular formula is C21H12Cl2F6O. The SMILES string of the molecule is FC(F)(F)C(c1ccc(Oc2ccccc2)cc1)(c1cc(Cl)ccc1Cl)C(F)(F)F. The first-order chi connectivity index (χ1) is 14.0. The Hall–Kier alpha value is -2.38. The van der Waals surface area contributed by atoms with Crippen LogP contribution >= 0.6 is 23.2 Å². The summed E-state index contributed by atoms with van der Waals surface area (Å²) in [6.07, 6.45) is -11.5. The molecule has 1 nitrogen and oxygen atoms in total. The van der Waals surface area contributed by atoms with E-state index in [9.17, 15) is 26.3 Å². The average molecular weight is 465 g/mol. The first-order valence-electron chi connectivity index (χ1n) is 8.39. The van der Waals surface area contributed by atoms with Gasteiger partial charge in [0.15, 0.2) is 0 Å². The second kappa shape index (κ2) is 8.04. The Morgan fingerprint density at radius 3 is 1.70 bits per heavy atom. The van der Waals surface area contributed by atoms with Crippen LogP contribution in [0.25, 0.3) is 0 Å². The molecule has 0 fully saturated rings. The molecular weight excluding hydrogens is 453 g/mol. The van der Waals surface area contributed by atoms with Crippen LogP contribution in [0.5, 0.6) is 11.5 Å². The van der Waals surface area contributed by atoms with Crippen molar-refractivity contribution in [3.05, 3.63) is 94.0 Å². The van der Waals surface area contributed by atoms with Gasteiger partial charge in [0.25, 0.3) is 0 Å². The van der Waals surface area contributed by atoms with Crippen LogP contribution in [0.15, 0.2) is 72.8 Å². The van der Waals surface area contributed by atoms with E-state index in [0.717, 1.165) is 36.4 Å². The third-order valence-corrected chi connectivity index (χ3v) is 5.01. The van der Waals surface area contributed by atoms with E-state index in [4.69, 9.17) is 27.9 Å². The van der Waals surface area contributed by atoms with Gasteiger partial charge >= 0.3 is 12.4 Å². The van der Waals surface area contributed by atoms with Crippen molar-refractivity contribution in [2.24, 2.45) is 0 Å². The van der Waals surface area contributed by atoms with E-state index in [1.54, 1.807) is 30.3 Å². The van der Waals surface area contributed by atoms with Gasteiger partial charge in [0, 0.05) is 15.6 Å². The summed E-state index contributed by atoms with van der Waals surface area (Å²) >= 11 is 11.5. The van der Waals surface area contributed by atoms with E-state index >= 15 is 0 Å². The monoisotopic (exact) mass is 464 g/mol. The van der Waals surface area contributed by atoms with Crippen molar-refractivity contribution < 1.29 is 31.1 Å². The predicted octanol–water partition coefficient (Wildman–Crippen LogP) is 8.20. The number of hydrogen-bond donors (Lipinski definition) is 0. The van der Waals surface area contributed by atoms with Crippen LogP contribution in [0.4, 0.5) is 26.3 Å². The zero-order valence-corrected chi connectivity index (χ0v) is 16.4. The summed E-state index contributed by atoms with van der Waals surface area (Å²) in [6, 6.07) is 14.4. The molecule has 3 aromatic rings. The predicted molar refractivity (Wildman–Crippen MR) is 102 cm³/mol. The molecule has 0 amide bonds. The molecule has 0 aliphatic rings. The van der Waals surface area contributed by atoms with Crippen molar-refractivity contribution in [3.63, 3.8) is 0 Å². The molecule has 0 bridgehead atoms. The third-order valence-electron chi connectivity index (χ3n) is 4.45. The van der Waals surface area contributed by atoms with Crippen LogP contribution in [-0.4, -0.2) is 12.4 Å². The normalized spacial score (nSPS) is 12.7. The second-order valence-corrected chi connectivity index (χ2v) is 7.15. The molecule has 30 heavy (non-hydrogen) atoms. The fourth-order valence-electron chi connectivity index (χ4n) is 3.13. The Morgan fingerprint density at radius 2 is 1.17 bits per heavy atom. The molecule has 0 saturated carbocycles. The molecule has 3 rings (SSSR count). The average Bonchev–Trinajstić information content (AvgIpc) is 2.65. The van der Waals surface area contributed by atoms with Gasteiger partial charge in [-0.2, -0.15) is 26.3 Å². The molecule has 0 aromatic heterocycles. The minimum atomic E-state index is -5.76. The first kappa shape index (κ1) is 22.3. The number of benzene rings is 3. The zero-order chi connectivity index (χ0) is 22.2. The molecule has 0 heterocycles. The minimum absolute atomic E-state index is 0.0698. The smallest absolute Gasteiger partial charge is 0.411 e. The second-order valence-electron chi connectivity index (χ2n) is 6.31. The standard InChI is InChI=1S/C21H12Cl2F6O/c22-14-8-11-18(23)17(12-14)19(20(24,25)26,21(27,28)29)13-6-9-16(10-7-13)30-15-4-2-1-3-5-15/h1-12H. The first-order valence-corrected chi connectivity index (χ1v) is 9.15. The lowest BCUT2D eigenvalue weighted by molar-refractivity contribution is -0.288. The van der Waals surface area contributed by atoms with Gasteiger partial charge in [-0.25, -0.2) is 0 Å². The van der Waals surface area contributed by atoms with Gasteiger partial charge in [-0.15, -0.1) is 0 Å². The lowest BCUT2D eigenvalue weighted by Gasteiger charge is -2.38. The highest BCUT2D eigenvalue weighted by Gasteiger charge is 2.73. The van der Waals surface area contributed by atoms with Crippen LogP contribution < -0.4 is 4.74 Å². The van der Waals surface area contributed by atoms with Gasteiger partial charge in [0.2, 0.25) is 5.41 Å². The zero-order valence-electron chi connectivity index (χ0n) is 14.9. The van der Waals surface area contributed by atoms with Crippen molar-refractivity contribution in [1.29, 1.82) is 0 Å². The maximum absolute atomic E-state index is 14.1. The number of rotatable bonds is 4. The van der Waals surface area contributed by atoms with E-state index < -0.39 is 33.9 Å². The molecule has 9 heteroatoms. The maximum atomic E-state index is 14.1. The number of halogens is 8. The molecule has 0 spiro atoms. The third kappa shape index (κ3) is 3.96. The van der Waals surface area contributed by atoms with Gasteiger partial charge < -0.3 is 4.74 Å². The summed E-state index contributed by atoms with van der Waals surface area (Å²) in [5.74, 6) is 0.446. The van der Waals surface area contributed by atoms with E-state index in [1.807, 2.05) is 0 Å². The molecule has 3 aromatic carbocycles. The number of ether oxygens (including phenoxy) is 1. The van der Waals surface area contributed by atoms with Crippen LogP contribution in [0.1, 0.15) is 11.1 Å². The highest BCUT2D eigenvalue weighted by atomic mass is 35.5. The minimum Gasteiger partial charge on any atom is -0.457 e. The van der Waals surface area contributed by atoms with Gasteiger partial charge in [-0.3, -0.25) is 0 Å². The van der Waals surface area contributed by atoms with Gasteiger partial charge in [-0.05, 0) is 48.0 Å². The largest absolute Gasteiger partial charge is 0.457 e. The van der Waals surface area contributed by atoms with E-state index in [-0.39, 0.29) is 10.8 Å². The molecule has 0 N–H and O–H groups in total. The van der Waals surface area contributed by atoms with E-state index in [1.165, 1.54) is 0 Å². The molecule has 0 atom stereocenters. The summed E-state index contributed by atoms with van der Waals surface area (Å²) in [5.41, 5.74) is -6.65. The van der Waals surface area contributed by atoms with Crippen LogP contribution in [0.3, 0.4) is 0 Å². The Bertz CT molecular complexity index is 1000. The number of alkyl halides is 6. The fourth-order valence-corrected chi connectivity index (χ4v) is 3.56. The summed E-state index contributed by atoms with van der Waals surface area (Å²) < 4.78 is 90.3. The Kier molecular flexibility index (Phi) is 5.98. The van der Waals surface area contributed by atoms with Crippen LogP contribution in [0, 0.1) is 0 Å². The lowest BCUT2D eigenvalue weighted by Crippen LogP contribution is -2.55. The van der Waals surface area contributed by atoms with Gasteiger partial charge in [-0.1, -0.05) is 53.5 Å². The maximum Gasteiger partial charge on any atom is 0.411 e. The number of para-hydroxylation sites is 1. The Morgan fingerprint density at radius 1 is 0.633 bits per heavy atom. The Labute approximate surface area is 177 Å². The lowest BCUT2D eigenvalue weighted by atomic mass is 9.73. The fraction of sp³-hybridized carbons (Fsp3) is 0.143. The van der Waals surface area contributed by atoms with Crippen molar-refractivity contribution in [2.75, 3.05) is 0 Å². The molecule has 0 radical (unpaired) electrons.